The Bertz CT molecular complexity index is 73.3. The first-order valence-electron chi connectivity index (χ1n) is 1.51. The molecule has 0 saturated carbocycles. The Labute approximate surface area is 53.6 Å². The van der Waals surface area contributed by atoms with Crippen LogP contribution in [0.3, 0.4) is 0 Å². The molecule has 7 heavy (non-hydrogen) atoms. The first kappa shape index (κ1) is 9.91. The van der Waals surface area contributed by atoms with Gasteiger partial charge in [0.05, 0.1) is 0 Å². The van der Waals surface area contributed by atoms with Crippen molar-refractivity contribution in [2.24, 2.45) is 0 Å². The van der Waals surface area contributed by atoms with Gasteiger partial charge in [-0.2, -0.15) is 0 Å². The van der Waals surface area contributed by atoms with Crippen LogP contribution in [-0.4, -0.2) is 14.0 Å². The molecule has 0 aromatic heterocycles. The van der Waals surface area contributed by atoms with E-state index in [4.69, 9.17) is 0 Å². The second kappa shape index (κ2) is 5.78. The molecule has 0 aliphatic rings. The van der Waals surface area contributed by atoms with E-state index >= 15 is 0 Å². The molecule has 0 rings (SSSR count). The Hall–Kier alpha value is -0.219. The normalized spacial score (nSPS) is 5.71. The topological polar surface area (TPSA) is 26.3 Å². The molecule has 0 aromatic carbocycles. The van der Waals surface area contributed by atoms with E-state index in [1.807, 2.05) is 0 Å². The first-order valence-corrected chi connectivity index (χ1v) is 1.51. The molecule has 2 nitrogen and oxygen atoms in total. The minimum Gasteiger partial charge on any atom is -0.540 e. The largest absolute Gasteiger partial charge is 0.540 e. The fourth-order valence-electron chi connectivity index (χ4n) is 0.0833. The molecule has 0 aliphatic carbocycles. The van der Waals surface area contributed by atoms with Gasteiger partial charge in [-0.1, -0.05) is 6.58 Å². The summed E-state index contributed by atoms with van der Waals surface area (Å²) < 4.78 is 4.14. The van der Waals surface area contributed by atoms with Crippen LogP contribution in [0.4, 0.5) is 0 Å². The third-order valence-electron chi connectivity index (χ3n) is 0.368. The van der Waals surface area contributed by atoms with E-state index < -0.39 is 5.97 Å². The molecule has 0 N–H and O–H groups in total. The van der Waals surface area contributed by atoms with Crippen LogP contribution < -0.4 is 0 Å². The Balaban J connectivity index is 0. The molecule has 1 radical (unpaired) electrons. The maximum atomic E-state index is 9.84. The van der Waals surface area contributed by atoms with Gasteiger partial charge in [-0.15, -0.1) is 0 Å². The number of hydrogen-bond donors (Lipinski definition) is 0. The fourth-order valence-corrected chi connectivity index (χ4v) is 0.0833. The number of carbonyl (C=O) groups excluding carboxylic acids is 1. The second-order valence-electron chi connectivity index (χ2n) is 0.727. The summed E-state index contributed by atoms with van der Waals surface area (Å²) in [6.07, 6.45) is 1.11. The van der Waals surface area contributed by atoms with Gasteiger partial charge in [0.1, 0.15) is 0 Å². The fraction of sp³-hybridized carbons (Fsp3) is 0. The van der Waals surface area contributed by atoms with Crippen molar-refractivity contribution < 1.29 is 26.2 Å². The standard InChI is InChI=1S/C3H5BO2.Co/c1-2-3(5)6-4;/h2H,1,4H2;. The zero-order valence-electron chi connectivity index (χ0n) is 3.93. The van der Waals surface area contributed by atoms with E-state index in [1.165, 1.54) is 8.05 Å². The summed E-state index contributed by atoms with van der Waals surface area (Å²) in [6, 6.07) is 0. The van der Waals surface area contributed by atoms with E-state index in [-0.39, 0.29) is 16.8 Å². The second-order valence-corrected chi connectivity index (χ2v) is 0.727. The summed E-state index contributed by atoms with van der Waals surface area (Å²) in [5, 5.41) is 0. The van der Waals surface area contributed by atoms with Gasteiger partial charge in [-0.25, -0.2) is 4.79 Å². The van der Waals surface area contributed by atoms with Gasteiger partial charge in [0.2, 0.25) is 0 Å². The van der Waals surface area contributed by atoms with Crippen LogP contribution in [0.25, 0.3) is 0 Å². The molecule has 0 heterocycles. The molecule has 0 atom stereocenters. The van der Waals surface area contributed by atoms with Gasteiger partial charge in [0.15, 0.2) is 0 Å². The molecular weight excluding hydrogens is 138 g/mol. The zero-order valence-corrected chi connectivity index (χ0v) is 4.98. The van der Waals surface area contributed by atoms with Gasteiger partial charge < -0.3 is 4.65 Å². The van der Waals surface area contributed by atoms with Crippen molar-refractivity contribution in [2.45, 2.75) is 0 Å². The minimum absolute atomic E-state index is 0. The molecule has 0 unspecified atom stereocenters. The van der Waals surface area contributed by atoms with E-state index in [0.29, 0.717) is 0 Å². The smallest absolute Gasteiger partial charge is 0.326 e. The van der Waals surface area contributed by atoms with Crippen LogP contribution in [0, 0.1) is 0 Å². The number of carbonyl (C=O) groups is 1. The van der Waals surface area contributed by atoms with Gasteiger partial charge in [-0.3, -0.25) is 0 Å². The van der Waals surface area contributed by atoms with Crippen molar-refractivity contribution in [1.82, 2.24) is 0 Å². The van der Waals surface area contributed by atoms with Crippen molar-refractivity contribution in [1.29, 1.82) is 0 Å². The van der Waals surface area contributed by atoms with Crippen LogP contribution in [-0.2, 0) is 26.2 Å². The van der Waals surface area contributed by atoms with Crippen molar-refractivity contribution in [2.75, 3.05) is 0 Å². The zero-order chi connectivity index (χ0) is 4.99. The number of rotatable bonds is 1. The summed E-state index contributed by atoms with van der Waals surface area (Å²) >= 11 is 0. The van der Waals surface area contributed by atoms with Gasteiger partial charge in [-0.05, 0) is 0 Å². The van der Waals surface area contributed by atoms with Crippen molar-refractivity contribution in [3.63, 3.8) is 0 Å². The monoisotopic (exact) mass is 143 g/mol. The van der Waals surface area contributed by atoms with Crippen LogP contribution >= 0.6 is 0 Å². The van der Waals surface area contributed by atoms with Crippen molar-refractivity contribution in [3.8, 4) is 0 Å². The molecule has 0 fully saturated rings. The molecule has 0 bridgehead atoms. The predicted octanol–water partition coefficient (Wildman–Crippen LogP) is -0.739. The summed E-state index contributed by atoms with van der Waals surface area (Å²) in [6.45, 7) is 3.16. The van der Waals surface area contributed by atoms with Gasteiger partial charge in [0, 0.05) is 22.9 Å². The van der Waals surface area contributed by atoms with Crippen molar-refractivity contribution >= 4 is 14.0 Å². The average Bonchev–Trinajstić information content (AvgIpc) is 1.65. The summed E-state index contributed by atoms with van der Waals surface area (Å²) in [5.74, 6) is -0.394. The van der Waals surface area contributed by atoms with E-state index in [1.54, 1.807) is 0 Å². The summed E-state index contributed by atoms with van der Waals surface area (Å²) in [5.41, 5.74) is 0. The summed E-state index contributed by atoms with van der Waals surface area (Å²) in [4.78, 5) is 9.84. The molecule has 0 aliphatic heterocycles. The minimum atomic E-state index is -0.394. The number of hydrogen-bond acceptors (Lipinski definition) is 2. The molecule has 0 amide bonds. The molecule has 0 spiro atoms. The average molecular weight is 143 g/mol. The van der Waals surface area contributed by atoms with Crippen LogP contribution in [0.1, 0.15) is 0 Å². The maximum absolute atomic E-state index is 9.84. The van der Waals surface area contributed by atoms with Crippen molar-refractivity contribution in [3.05, 3.63) is 12.7 Å². The predicted molar refractivity (Wildman–Crippen MR) is 24.8 cm³/mol. The Morgan fingerprint density at radius 3 is 2.29 bits per heavy atom. The third kappa shape index (κ3) is 5.78. The van der Waals surface area contributed by atoms with Crippen LogP contribution in [0.15, 0.2) is 12.7 Å². The molecule has 4 heteroatoms. The SMILES string of the molecule is BOC(=O)C=C.[Co]. The Morgan fingerprint density at radius 2 is 2.29 bits per heavy atom. The Morgan fingerprint density at radius 1 is 1.86 bits per heavy atom. The van der Waals surface area contributed by atoms with E-state index in [0.717, 1.165) is 6.08 Å². The van der Waals surface area contributed by atoms with Gasteiger partial charge >= 0.3 is 14.0 Å². The molecule has 0 aromatic rings. The summed E-state index contributed by atoms with van der Waals surface area (Å²) in [7, 11) is 1.31. The maximum Gasteiger partial charge on any atom is 0.326 e. The quantitative estimate of drug-likeness (QED) is 0.357. The molecule has 0 saturated heterocycles. The first-order chi connectivity index (χ1) is 2.81. The van der Waals surface area contributed by atoms with Gasteiger partial charge in [0.25, 0.3) is 0 Å². The van der Waals surface area contributed by atoms with E-state index in [9.17, 15) is 4.79 Å². The third-order valence-corrected chi connectivity index (χ3v) is 0.368. The van der Waals surface area contributed by atoms with E-state index in [2.05, 4.69) is 11.2 Å². The molecule has 41 valence electrons. The Kier molecular flexibility index (Phi) is 8.19. The van der Waals surface area contributed by atoms with Crippen LogP contribution in [0.5, 0.6) is 0 Å². The van der Waals surface area contributed by atoms with Crippen LogP contribution in [0.2, 0.25) is 0 Å². The molecular formula is C3H5BCoO2.